The number of aliphatic hydroxyl groups excluding tert-OH is 2. The van der Waals surface area contributed by atoms with E-state index in [4.69, 9.17) is 4.74 Å². The molecule has 460 valence electrons. The standard InChI is InChI=1S/C72H137NO5/c1-3-5-7-9-11-13-15-17-19-21-23-24-25-26-29-32-36-40-44-48-52-56-60-64-70(75)69(68-74)73-71(76)65-61-57-53-49-45-41-37-33-30-27-31-35-39-43-47-51-55-59-63-67-78-72(77)66-62-58-54-50-46-42-38-34-28-22-20-18-16-14-12-10-8-6-4-2/h18,20,35,39,43,47,69-70,74-75H,3-17,19,21-34,36-38,40-42,44-46,48-68H2,1-2H3,(H,73,76)/b20-18-,39-35-,47-43-. The number of unbranched alkanes of at least 4 members (excludes halogenated alkanes) is 50. The van der Waals surface area contributed by atoms with Crippen LogP contribution in [0.2, 0.25) is 0 Å². The number of ether oxygens (including phenoxy) is 1. The second kappa shape index (κ2) is 67.6. The molecule has 3 N–H and O–H groups in total. The van der Waals surface area contributed by atoms with Gasteiger partial charge in [0.25, 0.3) is 0 Å². The lowest BCUT2D eigenvalue weighted by Gasteiger charge is -2.22. The molecule has 0 bridgehead atoms. The number of rotatable bonds is 66. The summed E-state index contributed by atoms with van der Waals surface area (Å²) in [6, 6.07) is -0.551. The molecule has 0 saturated heterocycles. The third kappa shape index (κ3) is 63.3. The van der Waals surface area contributed by atoms with Crippen molar-refractivity contribution in [2.24, 2.45) is 0 Å². The first-order chi connectivity index (χ1) is 38.5. The van der Waals surface area contributed by atoms with Crippen LogP contribution in [-0.2, 0) is 14.3 Å². The van der Waals surface area contributed by atoms with Gasteiger partial charge in [0.2, 0.25) is 5.91 Å². The largest absolute Gasteiger partial charge is 0.466 e. The van der Waals surface area contributed by atoms with Crippen LogP contribution in [0.3, 0.4) is 0 Å². The minimum atomic E-state index is -0.673. The van der Waals surface area contributed by atoms with Crippen LogP contribution >= 0.6 is 0 Å². The lowest BCUT2D eigenvalue weighted by Crippen LogP contribution is -2.45. The van der Waals surface area contributed by atoms with Crippen LogP contribution in [0.5, 0.6) is 0 Å². The van der Waals surface area contributed by atoms with Gasteiger partial charge in [-0.2, -0.15) is 0 Å². The summed E-state index contributed by atoms with van der Waals surface area (Å²) in [6.45, 7) is 4.94. The Morgan fingerprint density at radius 3 is 0.987 bits per heavy atom. The predicted molar refractivity (Wildman–Crippen MR) is 343 cm³/mol. The molecule has 0 radical (unpaired) electrons. The third-order valence-corrected chi connectivity index (χ3v) is 16.4. The van der Waals surface area contributed by atoms with Crippen molar-refractivity contribution in [2.45, 2.75) is 398 Å². The van der Waals surface area contributed by atoms with E-state index in [0.29, 0.717) is 25.9 Å². The molecule has 0 heterocycles. The first-order valence-electron chi connectivity index (χ1n) is 35.3. The lowest BCUT2D eigenvalue weighted by molar-refractivity contribution is -0.143. The Morgan fingerprint density at radius 1 is 0.359 bits per heavy atom. The summed E-state index contributed by atoms with van der Waals surface area (Å²) in [5, 5.41) is 23.4. The first kappa shape index (κ1) is 76.1. The van der Waals surface area contributed by atoms with E-state index in [2.05, 4.69) is 55.6 Å². The summed E-state index contributed by atoms with van der Waals surface area (Å²) in [7, 11) is 0. The summed E-state index contributed by atoms with van der Waals surface area (Å²) in [5.74, 6) is -0.0539. The lowest BCUT2D eigenvalue weighted by atomic mass is 10.0. The van der Waals surface area contributed by atoms with Crippen LogP contribution in [0.1, 0.15) is 386 Å². The summed E-state index contributed by atoms with van der Waals surface area (Å²) in [5.41, 5.74) is 0. The number of carbonyl (C=O) groups excluding carboxylic acids is 2. The van der Waals surface area contributed by atoms with Gasteiger partial charge in [-0.15, -0.1) is 0 Å². The zero-order valence-electron chi connectivity index (χ0n) is 52.7. The van der Waals surface area contributed by atoms with Gasteiger partial charge in [-0.1, -0.05) is 326 Å². The minimum Gasteiger partial charge on any atom is -0.466 e. The van der Waals surface area contributed by atoms with Gasteiger partial charge >= 0.3 is 5.97 Å². The molecule has 0 aromatic carbocycles. The van der Waals surface area contributed by atoms with E-state index in [0.717, 1.165) is 70.6 Å². The SMILES string of the molecule is CCCCCCCC/C=C\CCCCCCCCCCCC(=O)OCCCCC/C=C\C=C/CCCCCCCCCCCCC(=O)NC(CO)C(O)CCCCCCCCCCCCCCCCCCCCCCCCC. The van der Waals surface area contributed by atoms with Gasteiger partial charge in [0.05, 0.1) is 25.4 Å². The Hall–Kier alpha value is -1.92. The number of hydrogen-bond donors (Lipinski definition) is 3. The van der Waals surface area contributed by atoms with Gasteiger partial charge in [0, 0.05) is 12.8 Å². The molecule has 0 aromatic rings. The minimum absolute atomic E-state index is 0.0129. The highest BCUT2D eigenvalue weighted by atomic mass is 16.5. The molecule has 0 aliphatic carbocycles. The van der Waals surface area contributed by atoms with Gasteiger partial charge in [-0.25, -0.2) is 0 Å². The van der Waals surface area contributed by atoms with E-state index < -0.39 is 12.1 Å². The number of nitrogens with one attached hydrogen (secondary N) is 1. The number of hydrogen-bond acceptors (Lipinski definition) is 5. The number of allylic oxidation sites excluding steroid dienone is 6. The Morgan fingerprint density at radius 2 is 0.641 bits per heavy atom. The zero-order valence-corrected chi connectivity index (χ0v) is 52.7. The van der Waals surface area contributed by atoms with Crippen molar-refractivity contribution in [3.63, 3.8) is 0 Å². The van der Waals surface area contributed by atoms with Crippen molar-refractivity contribution in [3.05, 3.63) is 36.5 Å². The maximum absolute atomic E-state index is 12.5. The highest BCUT2D eigenvalue weighted by Gasteiger charge is 2.20. The number of aliphatic hydroxyl groups is 2. The molecule has 0 fully saturated rings. The molecule has 0 spiro atoms. The predicted octanol–water partition coefficient (Wildman–Crippen LogP) is 22.7. The van der Waals surface area contributed by atoms with E-state index in [1.807, 2.05) is 0 Å². The molecular weight excluding hydrogens is 959 g/mol. The van der Waals surface area contributed by atoms with E-state index >= 15 is 0 Å². The molecule has 1 amide bonds. The fourth-order valence-corrected chi connectivity index (χ4v) is 11.0. The van der Waals surface area contributed by atoms with Crippen molar-refractivity contribution < 1.29 is 24.5 Å². The monoisotopic (exact) mass is 1100 g/mol. The Kier molecular flexibility index (Phi) is 65.9. The highest BCUT2D eigenvalue weighted by Crippen LogP contribution is 2.19. The van der Waals surface area contributed by atoms with Gasteiger partial charge < -0.3 is 20.3 Å². The quantitative estimate of drug-likeness (QED) is 0.0244. The third-order valence-electron chi connectivity index (χ3n) is 16.4. The molecule has 0 aliphatic heterocycles. The average molecular weight is 1100 g/mol. The second-order valence-corrected chi connectivity index (χ2v) is 24.2. The van der Waals surface area contributed by atoms with Gasteiger partial charge in [0.15, 0.2) is 0 Å². The normalized spacial score (nSPS) is 12.7. The van der Waals surface area contributed by atoms with Gasteiger partial charge in [-0.05, 0) is 83.5 Å². The summed E-state index contributed by atoms with van der Waals surface area (Å²) in [6.07, 6.45) is 86.1. The van der Waals surface area contributed by atoms with Crippen molar-refractivity contribution in [1.82, 2.24) is 5.32 Å². The van der Waals surface area contributed by atoms with Crippen LogP contribution in [0, 0.1) is 0 Å². The summed E-state index contributed by atoms with van der Waals surface area (Å²) >= 11 is 0. The Labute approximate surface area is 487 Å². The van der Waals surface area contributed by atoms with Crippen molar-refractivity contribution in [3.8, 4) is 0 Å². The molecule has 78 heavy (non-hydrogen) atoms. The van der Waals surface area contributed by atoms with Gasteiger partial charge in [-0.3, -0.25) is 9.59 Å². The average Bonchev–Trinajstić information content (AvgIpc) is 3.44. The van der Waals surface area contributed by atoms with Gasteiger partial charge in [0.1, 0.15) is 0 Å². The van der Waals surface area contributed by atoms with Crippen LogP contribution in [0.15, 0.2) is 36.5 Å². The maximum Gasteiger partial charge on any atom is 0.305 e. The molecule has 0 aromatic heterocycles. The molecule has 2 unspecified atom stereocenters. The van der Waals surface area contributed by atoms with E-state index in [-0.39, 0.29) is 18.5 Å². The molecular formula is C72H137NO5. The number of esters is 1. The molecule has 0 rings (SSSR count). The van der Waals surface area contributed by atoms with Crippen LogP contribution < -0.4 is 5.32 Å². The fraction of sp³-hybridized carbons (Fsp3) is 0.889. The molecule has 6 nitrogen and oxygen atoms in total. The van der Waals surface area contributed by atoms with Crippen molar-refractivity contribution >= 4 is 11.9 Å². The van der Waals surface area contributed by atoms with E-state index in [9.17, 15) is 19.8 Å². The maximum atomic E-state index is 12.5. The molecule has 6 heteroatoms. The number of amides is 1. The zero-order chi connectivity index (χ0) is 56.4. The van der Waals surface area contributed by atoms with Crippen LogP contribution in [0.4, 0.5) is 0 Å². The van der Waals surface area contributed by atoms with Crippen molar-refractivity contribution in [2.75, 3.05) is 13.2 Å². The van der Waals surface area contributed by atoms with E-state index in [1.54, 1.807) is 0 Å². The summed E-state index contributed by atoms with van der Waals surface area (Å²) in [4.78, 5) is 24.6. The van der Waals surface area contributed by atoms with Crippen molar-refractivity contribution in [1.29, 1.82) is 0 Å². The first-order valence-corrected chi connectivity index (χ1v) is 35.3. The molecule has 0 aliphatic rings. The molecule has 0 saturated carbocycles. The second-order valence-electron chi connectivity index (χ2n) is 24.2. The number of carbonyl (C=O) groups is 2. The summed E-state index contributed by atoms with van der Waals surface area (Å²) < 4.78 is 5.48. The smallest absolute Gasteiger partial charge is 0.305 e. The fourth-order valence-electron chi connectivity index (χ4n) is 11.0. The topological polar surface area (TPSA) is 95.9 Å². The Bertz CT molecular complexity index is 1260. The Balaban J connectivity index is 3.45. The van der Waals surface area contributed by atoms with Crippen LogP contribution in [0.25, 0.3) is 0 Å². The molecule has 2 atom stereocenters. The highest BCUT2D eigenvalue weighted by molar-refractivity contribution is 5.76. The van der Waals surface area contributed by atoms with E-state index in [1.165, 1.54) is 283 Å². The van der Waals surface area contributed by atoms with Crippen LogP contribution in [-0.4, -0.2) is 47.4 Å².